The van der Waals surface area contributed by atoms with E-state index >= 15 is 0 Å². The van der Waals surface area contributed by atoms with E-state index in [1.807, 2.05) is 6.92 Å². The van der Waals surface area contributed by atoms with Crippen molar-refractivity contribution in [2.75, 3.05) is 32.9 Å². The van der Waals surface area contributed by atoms with Gasteiger partial charge in [0.25, 0.3) is 0 Å². The predicted octanol–water partition coefficient (Wildman–Crippen LogP) is 2.06. The SMILES string of the molecule is CCCCOC(=O)/C=C/c1ccc(S(=O)(=O)N2CCOCC2)cc1. The lowest BCUT2D eigenvalue weighted by atomic mass is 10.2. The second kappa shape index (κ2) is 8.96. The fourth-order valence-corrected chi connectivity index (χ4v) is 3.62. The number of rotatable bonds is 7. The monoisotopic (exact) mass is 353 g/mol. The normalized spacial score (nSPS) is 16.4. The third-order valence-electron chi connectivity index (χ3n) is 3.64. The molecule has 132 valence electrons. The minimum absolute atomic E-state index is 0.243. The lowest BCUT2D eigenvalue weighted by Crippen LogP contribution is -2.40. The maximum atomic E-state index is 12.5. The highest BCUT2D eigenvalue weighted by molar-refractivity contribution is 7.89. The fraction of sp³-hybridized carbons (Fsp3) is 0.471. The van der Waals surface area contributed by atoms with Crippen molar-refractivity contribution in [1.29, 1.82) is 0 Å². The van der Waals surface area contributed by atoms with E-state index in [1.54, 1.807) is 30.3 Å². The van der Waals surface area contributed by atoms with Gasteiger partial charge in [0.15, 0.2) is 0 Å². The second-order valence-corrected chi connectivity index (χ2v) is 7.38. The summed E-state index contributed by atoms with van der Waals surface area (Å²) in [6.07, 6.45) is 4.77. The highest BCUT2D eigenvalue weighted by Crippen LogP contribution is 2.18. The van der Waals surface area contributed by atoms with E-state index < -0.39 is 16.0 Å². The Bertz CT molecular complexity index is 661. The Morgan fingerprint density at radius 1 is 1.25 bits per heavy atom. The van der Waals surface area contributed by atoms with Crippen LogP contribution in [0.2, 0.25) is 0 Å². The molecule has 24 heavy (non-hydrogen) atoms. The van der Waals surface area contributed by atoms with Crippen LogP contribution < -0.4 is 0 Å². The highest BCUT2D eigenvalue weighted by Gasteiger charge is 2.25. The predicted molar refractivity (Wildman–Crippen MR) is 90.9 cm³/mol. The van der Waals surface area contributed by atoms with E-state index in [-0.39, 0.29) is 4.90 Å². The summed E-state index contributed by atoms with van der Waals surface area (Å²) < 4.78 is 36.6. The molecule has 0 amide bonds. The van der Waals surface area contributed by atoms with E-state index in [1.165, 1.54) is 10.4 Å². The number of carbonyl (C=O) groups excluding carboxylic acids is 1. The van der Waals surface area contributed by atoms with Gasteiger partial charge in [0.05, 0.1) is 24.7 Å². The second-order valence-electron chi connectivity index (χ2n) is 5.44. The quantitative estimate of drug-likeness (QED) is 0.426. The van der Waals surface area contributed by atoms with E-state index in [2.05, 4.69) is 0 Å². The molecule has 1 saturated heterocycles. The average Bonchev–Trinajstić information content (AvgIpc) is 2.61. The third kappa shape index (κ3) is 5.15. The van der Waals surface area contributed by atoms with Crippen molar-refractivity contribution in [3.05, 3.63) is 35.9 Å². The topological polar surface area (TPSA) is 72.9 Å². The number of ether oxygens (including phenoxy) is 2. The number of carbonyl (C=O) groups is 1. The summed E-state index contributed by atoms with van der Waals surface area (Å²) >= 11 is 0. The number of benzene rings is 1. The van der Waals surface area contributed by atoms with Crippen LogP contribution in [0.4, 0.5) is 0 Å². The molecule has 0 N–H and O–H groups in total. The molecule has 1 aromatic carbocycles. The van der Waals surface area contributed by atoms with Gasteiger partial charge in [-0.25, -0.2) is 13.2 Å². The number of esters is 1. The number of sulfonamides is 1. The summed E-state index contributed by atoms with van der Waals surface area (Å²) in [5.74, 6) is -0.395. The van der Waals surface area contributed by atoms with Crippen molar-refractivity contribution in [2.24, 2.45) is 0 Å². The maximum Gasteiger partial charge on any atom is 0.330 e. The molecule has 1 aliphatic rings. The number of hydrogen-bond acceptors (Lipinski definition) is 5. The number of nitrogens with zero attached hydrogens (tertiary/aromatic N) is 1. The molecule has 0 aromatic heterocycles. The van der Waals surface area contributed by atoms with Gasteiger partial charge in [0.2, 0.25) is 10.0 Å². The number of unbranched alkanes of at least 4 members (excludes halogenated alkanes) is 1. The minimum Gasteiger partial charge on any atom is -0.463 e. The first-order valence-electron chi connectivity index (χ1n) is 8.07. The minimum atomic E-state index is -3.49. The summed E-state index contributed by atoms with van der Waals surface area (Å²) in [6, 6.07) is 6.44. The van der Waals surface area contributed by atoms with E-state index in [4.69, 9.17) is 9.47 Å². The smallest absolute Gasteiger partial charge is 0.330 e. The summed E-state index contributed by atoms with van der Waals surface area (Å²) in [4.78, 5) is 11.7. The zero-order chi connectivity index (χ0) is 17.4. The van der Waals surface area contributed by atoms with Gasteiger partial charge < -0.3 is 9.47 Å². The molecule has 1 aromatic rings. The Morgan fingerprint density at radius 3 is 2.54 bits per heavy atom. The Morgan fingerprint density at radius 2 is 1.92 bits per heavy atom. The van der Waals surface area contributed by atoms with Crippen molar-refractivity contribution >= 4 is 22.1 Å². The average molecular weight is 353 g/mol. The van der Waals surface area contributed by atoms with E-state index in [9.17, 15) is 13.2 Å². The molecule has 7 heteroatoms. The van der Waals surface area contributed by atoms with Crippen LogP contribution in [-0.4, -0.2) is 51.6 Å². The standard InChI is InChI=1S/C17H23NO5S/c1-2-3-12-23-17(19)9-6-15-4-7-16(8-5-15)24(20,21)18-10-13-22-14-11-18/h4-9H,2-3,10-14H2,1H3/b9-6+. The van der Waals surface area contributed by atoms with Crippen LogP contribution in [-0.2, 0) is 24.3 Å². The van der Waals surface area contributed by atoms with Gasteiger partial charge >= 0.3 is 5.97 Å². The molecule has 1 fully saturated rings. The first-order chi connectivity index (χ1) is 11.5. The molecule has 0 spiro atoms. The van der Waals surface area contributed by atoms with Gasteiger partial charge in [-0.3, -0.25) is 0 Å². The van der Waals surface area contributed by atoms with Gasteiger partial charge in [-0.05, 0) is 30.2 Å². The summed E-state index contributed by atoms with van der Waals surface area (Å²) in [5.41, 5.74) is 0.739. The zero-order valence-corrected chi connectivity index (χ0v) is 14.6. The third-order valence-corrected chi connectivity index (χ3v) is 5.55. The van der Waals surface area contributed by atoms with Crippen molar-refractivity contribution < 1.29 is 22.7 Å². The zero-order valence-electron chi connectivity index (χ0n) is 13.8. The molecule has 6 nitrogen and oxygen atoms in total. The number of hydrogen-bond donors (Lipinski definition) is 0. The highest BCUT2D eigenvalue weighted by atomic mass is 32.2. The molecule has 0 saturated carbocycles. The van der Waals surface area contributed by atoms with Crippen LogP contribution in [0.1, 0.15) is 25.3 Å². The summed E-state index contributed by atoms with van der Waals surface area (Å²) in [7, 11) is -3.49. The van der Waals surface area contributed by atoms with Crippen molar-refractivity contribution in [3.8, 4) is 0 Å². The fourth-order valence-electron chi connectivity index (χ4n) is 2.22. The lowest BCUT2D eigenvalue weighted by Gasteiger charge is -2.26. The van der Waals surface area contributed by atoms with Gasteiger partial charge in [-0.1, -0.05) is 25.5 Å². The van der Waals surface area contributed by atoms with Crippen LogP contribution in [0.3, 0.4) is 0 Å². The van der Waals surface area contributed by atoms with Gasteiger partial charge in [0, 0.05) is 19.2 Å². The summed E-state index contributed by atoms with van der Waals surface area (Å²) in [6.45, 7) is 4.01. The van der Waals surface area contributed by atoms with Crippen molar-refractivity contribution in [3.63, 3.8) is 0 Å². The van der Waals surface area contributed by atoms with Crippen LogP contribution in [0.15, 0.2) is 35.2 Å². The van der Waals surface area contributed by atoms with E-state index in [0.29, 0.717) is 32.9 Å². The largest absolute Gasteiger partial charge is 0.463 e. The molecule has 0 radical (unpaired) electrons. The Hall–Kier alpha value is -1.70. The molecular weight excluding hydrogens is 330 g/mol. The van der Waals surface area contributed by atoms with Gasteiger partial charge in [-0.2, -0.15) is 4.31 Å². The Labute approximate surface area is 143 Å². The van der Waals surface area contributed by atoms with Crippen molar-refractivity contribution in [2.45, 2.75) is 24.7 Å². The van der Waals surface area contributed by atoms with Gasteiger partial charge in [0.1, 0.15) is 0 Å². The molecule has 0 atom stereocenters. The molecule has 1 heterocycles. The summed E-state index contributed by atoms with van der Waals surface area (Å²) in [5, 5.41) is 0. The van der Waals surface area contributed by atoms with Gasteiger partial charge in [-0.15, -0.1) is 0 Å². The molecule has 0 aliphatic carbocycles. The van der Waals surface area contributed by atoms with Crippen LogP contribution in [0.5, 0.6) is 0 Å². The Balaban J connectivity index is 1.98. The first-order valence-corrected chi connectivity index (χ1v) is 9.51. The molecule has 0 bridgehead atoms. The Kier molecular flexibility index (Phi) is 6.96. The molecular formula is C17H23NO5S. The lowest BCUT2D eigenvalue weighted by molar-refractivity contribution is -0.137. The molecule has 1 aliphatic heterocycles. The first kappa shape index (κ1) is 18.6. The van der Waals surface area contributed by atoms with Crippen LogP contribution in [0, 0.1) is 0 Å². The van der Waals surface area contributed by atoms with Crippen LogP contribution >= 0.6 is 0 Å². The van der Waals surface area contributed by atoms with Crippen LogP contribution in [0.25, 0.3) is 6.08 Å². The maximum absolute atomic E-state index is 12.5. The van der Waals surface area contributed by atoms with Crippen molar-refractivity contribution in [1.82, 2.24) is 4.31 Å². The molecule has 2 rings (SSSR count). The van der Waals surface area contributed by atoms with E-state index in [0.717, 1.165) is 18.4 Å². The molecule has 0 unspecified atom stereocenters. The number of morpholine rings is 1.